The molecule has 1 heterocycles. The highest BCUT2D eigenvalue weighted by molar-refractivity contribution is 7.81. The van der Waals surface area contributed by atoms with Crippen molar-refractivity contribution >= 4 is 27.3 Å². The second-order valence-corrected chi connectivity index (χ2v) is 5.94. The lowest BCUT2D eigenvalue weighted by Gasteiger charge is -2.03. The van der Waals surface area contributed by atoms with Crippen LogP contribution in [0, 0.1) is 5.82 Å². The lowest BCUT2D eigenvalue weighted by atomic mass is 10.1. The summed E-state index contributed by atoms with van der Waals surface area (Å²) in [7, 11) is -4.83. The summed E-state index contributed by atoms with van der Waals surface area (Å²) in [5, 5.41) is 9.21. The Labute approximate surface area is 139 Å². The van der Waals surface area contributed by atoms with E-state index in [4.69, 9.17) is 8.97 Å². The molecule has 1 aromatic heterocycles. The van der Waals surface area contributed by atoms with E-state index in [1.54, 1.807) is 0 Å². The van der Waals surface area contributed by atoms with Crippen LogP contribution >= 0.6 is 0 Å². The van der Waals surface area contributed by atoms with E-state index in [2.05, 4.69) is 15.7 Å². The lowest BCUT2D eigenvalue weighted by molar-refractivity contribution is 0.387. The van der Waals surface area contributed by atoms with Crippen LogP contribution in [-0.2, 0) is 10.4 Å². The van der Waals surface area contributed by atoms with Crippen molar-refractivity contribution in [2.75, 3.05) is 0 Å². The molecule has 10 heteroatoms. The summed E-state index contributed by atoms with van der Waals surface area (Å²) in [6, 6.07) is 5.40. The Morgan fingerprint density at radius 1 is 1.28 bits per heavy atom. The molecule has 0 radical (unpaired) electrons. The number of rotatable bonds is 4. The zero-order valence-electron chi connectivity index (χ0n) is 12.2. The summed E-state index contributed by atoms with van der Waals surface area (Å²) in [4.78, 5) is 4.01. The Hall–Kier alpha value is -2.98. The van der Waals surface area contributed by atoms with Gasteiger partial charge in [0, 0.05) is 11.6 Å². The summed E-state index contributed by atoms with van der Waals surface area (Å²) in [6.45, 7) is 3.11. The maximum atomic E-state index is 13.7. The minimum absolute atomic E-state index is 0.0153. The van der Waals surface area contributed by atoms with Crippen molar-refractivity contribution in [3.05, 3.63) is 48.3 Å². The number of phenolic OH excluding ortho intramolecular Hbond substituents is 1. The van der Waals surface area contributed by atoms with Gasteiger partial charge in [0.1, 0.15) is 17.1 Å². The largest absolute Gasteiger partial charge is 0.505 e. The van der Waals surface area contributed by atoms with Crippen LogP contribution in [0.5, 0.6) is 11.5 Å². The first-order valence-corrected chi connectivity index (χ1v) is 7.96. The molecule has 0 unspecified atom stereocenters. The number of hydrogen-bond donors (Lipinski definition) is 2. The number of aromatic hydroxyl groups is 1. The molecular formula is C15H9F2NO6S. The minimum atomic E-state index is -4.83. The average molecular weight is 369 g/mol. The number of hydrogen-bond acceptors (Lipinski definition) is 6. The van der Waals surface area contributed by atoms with Gasteiger partial charge in [0.05, 0.1) is 5.56 Å². The van der Waals surface area contributed by atoms with Crippen LogP contribution in [0.3, 0.4) is 0 Å². The predicted molar refractivity (Wildman–Crippen MR) is 83.4 cm³/mol. The molecule has 3 rings (SSSR count). The van der Waals surface area contributed by atoms with Gasteiger partial charge in [0.15, 0.2) is 17.1 Å². The SMILES string of the molecule is C=C(F)c1cc(OS(=O)(=O)O)cc2nc(-c3ccc(O)c(F)c3)oc12. The fraction of sp³-hybridized carbons (Fsp3) is 0. The third-order valence-electron chi connectivity index (χ3n) is 3.15. The molecule has 0 amide bonds. The molecule has 0 atom stereocenters. The lowest BCUT2D eigenvalue weighted by Crippen LogP contribution is -2.06. The van der Waals surface area contributed by atoms with E-state index in [1.807, 2.05) is 0 Å². The maximum Gasteiger partial charge on any atom is 0.446 e. The van der Waals surface area contributed by atoms with Gasteiger partial charge in [0.25, 0.3) is 0 Å². The second kappa shape index (κ2) is 5.83. The van der Waals surface area contributed by atoms with Crippen molar-refractivity contribution in [3.8, 4) is 23.0 Å². The van der Waals surface area contributed by atoms with Gasteiger partial charge < -0.3 is 13.7 Å². The van der Waals surface area contributed by atoms with Gasteiger partial charge in [-0.15, -0.1) is 0 Å². The number of oxazole rings is 1. The predicted octanol–water partition coefficient (Wildman–Crippen LogP) is 3.46. The minimum Gasteiger partial charge on any atom is -0.505 e. The van der Waals surface area contributed by atoms with Crippen LogP contribution in [-0.4, -0.2) is 23.1 Å². The van der Waals surface area contributed by atoms with Crippen molar-refractivity contribution in [1.82, 2.24) is 4.98 Å². The standard InChI is InChI=1S/C15H9F2NO6S/c1-7(16)10-5-9(24-25(20,21)22)6-12-14(10)23-15(18-12)8-2-3-13(19)11(17)4-8/h2-6,19H,1H2,(H,20,21,22). The van der Waals surface area contributed by atoms with Crippen LogP contribution in [0.1, 0.15) is 5.56 Å². The quantitative estimate of drug-likeness (QED) is 0.678. The van der Waals surface area contributed by atoms with Crippen LogP contribution in [0.25, 0.3) is 28.4 Å². The zero-order valence-corrected chi connectivity index (χ0v) is 13.0. The van der Waals surface area contributed by atoms with Crippen LogP contribution in [0.2, 0.25) is 0 Å². The van der Waals surface area contributed by atoms with Crippen molar-refractivity contribution in [2.45, 2.75) is 0 Å². The van der Waals surface area contributed by atoms with Gasteiger partial charge in [-0.25, -0.2) is 13.8 Å². The first-order valence-electron chi connectivity index (χ1n) is 6.59. The summed E-state index contributed by atoms with van der Waals surface area (Å²) >= 11 is 0. The molecule has 2 N–H and O–H groups in total. The third-order valence-corrected chi connectivity index (χ3v) is 3.56. The van der Waals surface area contributed by atoms with Crippen molar-refractivity contribution in [1.29, 1.82) is 0 Å². The molecule has 3 aromatic rings. The molecule has 0 fully saturated rings. The molecule has 2 aromatic carbocycles. The summed E-state index contributed by atoms with van der Waals surface area (Å²) in [5.74, 6) is -2.97. The van der Waals surface area contributed by atoms with Gasteiger partial charge in [-0.05, 0) is 24.3 Å². The molecule has 0 aliphatic rings. The highest BCUT2D eigenvalue weighted by Gasteiger charge is 2.18. The first-order chi connectivity index (χ1) is 11.6. The molecule has 0 spiro atoms. The number of fused-ring (bicyclic) bond motifs is 1. The Morgan fingerprint density at radius 2 is 2.00 bits per heavy atom. The van der Waals surface area contributed by atoms with Gasteiger partial charge in [0.2, 0.25) is 5.89 Å². The van der Waals surface area contributed by atoms with Gasteiger partial charge >= 0.3 is 10.4 Å². The normalized spacial score (nSPS) is 11.6. The molecule has 7 nitrogen and oxygen atoms in total. The van der Waals surface area contributed by atoms with E-state index < -0.39 is 33.5 Å². The van der Waals surface area contributed by atoms with Crippen molar-refractivity contribution in [2.24, 2.45) is 0 Å². The monoisotopic (exact) mass is 369 g/mol. The van der Waals surface area contributed by atoms with E-state index in [-0.39, 0.29) is 28.1 Å². The Morgan fingerprint density at radius 3 is 2.60 bits per heavy atom. The van der Waals surface area contributed by atoms with E-state index in [9.17, 15) is 22.3 Å². The number of halogens is 2. The highest BCUT2D eigenvalue weighted by Crippen LogP contribution is 2.34. The maximum absolute atomic E-state index is 13.7. The van der Waals surface area contributed by atoms with Gasteiger partial charge in [-0.2, -0.15) is 8.42 Å². The second-order valence-electron chi connectivity index (χ2n) is 4.92. The fourth-order valence-corrected chi connectivity index (χ4v) is 2.48. The Bertz CT molecular complexity index is 1110. The number of benzene rings is 2. The zero-order chi connectivity index (χ0) is 18.4. The number of aromatic nitrogens is 1. The van der Waals surface area contributed by atoms with E-state index in [0.717, 1.165) is 24.3 Å². The Balaban J connectivity index is 2.19. The van der Waals surface area contributed by atoms with Gasteiger partial charge in [-0.3, -0.25) is 4.55 Å². The van der Waals surface area contributed by atoms with Crippen LogP contribution < -0.4 is 4.18 Å². The van der Waals surface area contributed by atoms with E-state index in [0.29, 0.717) is 0 Å². The molecular weight excluding hydrogens is 360 g/mol. The molecule has 0 saturated carbocycles. The number of phenols is 1. The highest BCUT2D eigenvalue weighted by atomic mass is 32.3. The Kier molecular flexibility index (Phi) is 3.93. The summed E-state index contributed by atoms with van der Waals surface area (Å²) in [6.07, 6.45) is 0. The molecule has 0 saturated heterocycles. The average Bonchev–Trinajstić information content (AvgIpc) is 2.91. The smallest absolute Gasteiger partial charge is 0.446 e. The summed E-state index contributed by atoms with van der Waals surface area (Å²) < 4.78 is 67.2. The van der Waals surface area contributed by atoms with E-state index in [1.165, 1.54) is 6.07 Å². The first kappa shape index (κ1) is 16.9. The molecule has 0 aliphatic heterocycles. The van der Waals surface area contributed by atoms with Crippen molar-refractivity contribution < 1.29 is 35.5 Å². The van der Waals surface area contributed by atoms with E-state index >= 15 is 0 Å². The van der Waals surface area contributed by atoms with Crippen LogP contribution in [0.4, 0.5) is 8.78 Å². The molecule has 0 aliphatic carbocycles. The fourth-order valence-electron chi connectivity index (χ4n) is 2.14. The van der Waals surface area contributed by atoms with Crippen LogP contribution in [0.15, 0.2) is 41.3 Å². The number of nitrogens with zero attached hydrogens (tertiary/aromatic N) is 1. The van der Waals surface area contributed by atoms with Crippen molar-refractivity contribution in [3.63, 3.8) is 0 Å². The molecule has 130 valence electrons. The third kappa shape index (κ3) is 3.44. The van der Waals surface area contributed by atoms with Gasteiger partial charge in [-0.1, -0.05) is 6.58 Å². The molecule has 25 heavy (non-hydrogen) atoms. The summed E-state index contributed by atoms with van der Waals surface area (Å²) in [5.41, 5.74) is -0.203. The topological polar surface area (TPSA) is 110 Å². The molecule has 0 bridgehead atoms.